The smallest absolute Gasteiger partial charge is 0.312 e. The number of carbonyl (C=O) groups is 1. The Balaban J connectivity index is 1.64. The average Bonchev–Trinajstić information content (AvgIpc) is 2.82. The van der Waals surface area contributed by atoms with Gasteiger partial charge in [0.1, 0.15) is 6.10 Å². The van der Waals surface area contributed by atoms with Gasteiger partial charge in [-0.3, -0.25) is 9.69 Å². The van der Waals surface area contributed by atoms with E-state index in [1.165, 1.54) is 5.56 Å². The Labute approximate surface area is 132 Å². The van der Waals surface area contributed by atoms with Crippen LogP contribution in [0.3, 0.4) is 0 Å². The average molecular weight is 303 g/mol. The van der Waals surface area contributed by atoms with Crippen molar-refractivity contribution in [3.05, 3.63) is 35.9 Å². The number of aliphatic hydroxyl groups is 1. The molecule has 22 heavy (non-hydrogen) atoms. The summed E-state index contributed by atoms with van der Waals surface area (Å²) in [6.07, 6.45) is 4.66. The van der Waals surface area contributed by atoms with Gasteiger partial charge in [-0.15, -0.1) is 0 Å². The molecule has 0 unspecified atom stereocenters. The molecule has 1 spiro atoms. The molecule has 2 aliphatic rings. The molecular formula is C18H25NO3. The van der Waals surface area contributed by atoms with Gasteiger partial charge in [0.25, 0.3) is 0 Å². The highest BCUT2D eigenvalue weighted by Crippen LogP contribution is 2.50. The molecule has 0 amide bonds. The molecule has 2 fully saturated rings. The van der Waals surface area contributed by atoms with Crippen LogP contribution in [0.15, 0.2) is 30.3 Å². The lowest BCUT2D eigenvalue weighted by molar-refractivity contribution is -0.152. The zero-order valence-corrected chi connectivity index (χ0v) is 13.2. The lowest BCUT2D eigenvalue weighted by atomic mass is 9.67. The third-order valence-corrected chi connectivity index (χ3v) is 5.25. The van der Waals surface area contributed by atoms with Crippen LogP contribution < -0.4 is 0 Å². The molecule has 120 valence electrons. The van der Waals surface area contributed by atoms with E-state index in [1.807, 2.05) is 25.2 Å². The van der Waals surface area contributed by atoms with Crippen molar-refractivity contribution in [2.75, 3.05) is 20.2 Å². The molecule has 1 saturated carbocycles. The topological polar surface area (TPSA) is 49.8 Å². The van der Waals surface area contributed by atoms with E-state index in [4.69, 9.17) is 4.74 Å². The summed E-state index contributed by atoms with van der Waals surface area (Å²) in [6.45, 7) is 0.880. The van der Waals surface area contributed by atoms with Crippen molar-refractivity contribution in [2.45, 2.75) is 44.2 Å². The first-order chi connectivity index (χ1) is 10.6. The molecule has 1 aromatic rings. The van der Waals surface area contributed by atoms with Crippen molar-refractivity contribution >= 4 is 5.97 Å². The van der Waals surface area contributed by atoms with Crippen molar-refractivity contribution in [1.82, 2.24) is 4.90 Å². The summed E-state index contributed by atoms with van der Waals surface area (Å²) >= 11 is 0. The third-order valence-electron chi connectivity index (χ3n) is 5.25. The van der Waals surface area contributed by atoms with E-state index in [2.05, 4.69) is 17.0 Å². The maximum atomic E-state index is 12.1. The summed E-state index contributed by atoms with van der Waals surface area (Å²) in [5, 5.41) is 9.37. The minimum absolute atomic E-state index is 0.00979. The summed E-state index contributed by atoms with van der Waals surface area (Å²) in [7, 11) is 2.05. The highest BCUT2D eigenvalue weighted by atomic mass is 16.6. The van der Waals surface area contributed by atoms with Crippen molar-refractivity contribution in [3.8, 4) is 0 Å². The van der Waals surface area contributed by atoms with Gasteiger partial charge < -0.3 is 9.84 Å². The van der Waals surface area contributed by atoms with Crippen LogP contribution in [0.4, 0.5) is 0 Å². The number of cyclic esters (lactones) is 1. The molecule has 0 aromatic heterocycles. The molecule has 0 radical (unpaired) electrons. The van der Waals surface area contributed by atoms with E-state index in [9.17, 15) is 9.90 Å². The first kappa shape index (κ1) is 15.5. The molecule has 1 N–H and O–H groups in total. The fraction of sp³-hybridized carbons (Fsp3) is 0.611. The summed E-state index contributed by atoms with van der Waals surface area (Å²) in [5.41, 5.74) is 1.03. The molecule has 1 aromatic carbocycles. The number of hydrogen-bond acceptors (Lipinski definition) is 4. The Bertz CT molecular complexity index is 512. The Morgan fingerprint density at radius 3 is 2.64 bits per heavy atom. The minimum Gasteiger partial charge on any atom is -0.461 e. The number of nitrogens with zero attached hydrogens (tertiary/aromatic N) is 1. The van der Waals surface area contributed by atoms with E-state index >= 15 is 0 Å². The Hall–Kier alpha value is -1.39. The van der Waals surface area contributed by atoms with Gasteiger partial charge in [-0.2, -0.15) is 0 Å². The Morgan fingerprint density at radius 1 is 1.36 bits per heavy atom. The van der Waals surface area contributed by atoms with Crippen molar-refractivity contribution in [1.29, 1.82) is 0 Å². The number of benzene rings is 1. The van der Waals surface area contributed by atoms with Gasteiger partial charge in [0, 0.05) is 25.6 Å². The lowest BCUT2D eigenvalue weighted by Crippen LogP contribution is -2.35. The normalized spacial score (nSPS) is 24.3. The maximum Gasteiger partial charge on any atom is 0.312 e. The third kappa shape index (κ3) is 2.90. The van der Waals surface area contributed by atoms with E-state index in [0.717, 1.165) is 32.2 Å². The molecule has 1 aliphatic heterocycles. The van der Waals surface area contributed by atoms with Gasteiger partial charge in [-0.1, -0.05) is 36.8 Å². The zero-order valence-electron chi connectivity index (χ0n) is 13.2. The monoisotopic (exact) mass is 303 g/mol. The second-order valence-corrected chi connectivity index (χ2v) is 6.74. The van der Waals surface area contributed by atoms with Crippen LogP contribution in [0, 0.1) is 5.41 Å². The van der Waals surface area contributed by atoms with Gasteiger partial charge in [0.15, 0.2) is 0 Å². The summed E-state index contributed by atoms with van der Waals surface area (Å²) in [6, 6.07) is 10.4. The fourth-order valence-corrected chi connectivity index (χ4v) is 3.84. The minimum atomic E-state index is -0.162. The van der Waals surface area contributed by atoms with Gasteiger partial charge in [0.05, 0.1) is 5.41 Å². The molecule has 1 saturated heterocycles. The second kappa shape index (κ2) is 6.39. The predicted molar refractivity (Wildman–Crippen MR) is 84.3 cm³/mol. The molecule has 0 bridgehead atoms. The number of aliphatic hydroxyl groups excluding tert-OH is 1. The number of ether oxygens (including phenoxy) is 1. The summed E-state index contributed by atoms with van der Waals surface area (Å²) < 4.78 is 5.61. The first-order valence-electron chi connectivity index (χ1n) is 8.22. The number of hydrogen-bond donors (Lipinski definition) is 1. The van der Waals surface area contributed by atoms with E-state index in [-0.39, 0.29) is 30.1 Å². The van der Waals surface area contributed by atoms with Crippen LogP contribution in [0.2, 0.25) is 0 Å². The first-order valence-corrected chi connectivity index (χ1v) is 8.22. The van der Waals surface area contributed by atoms with E-state index in [0.29, 0.717) is 6.42 Å². The van der Waals surface area contributed by atoms with Crippen LogP contribution in [0.1, 0.15) is 43.7 Å². The molecule has 3 rings (SSSR count). The van der Waals surface area contributed by atoms with Crippen molar-refractivity contribution in [2.24, 2.45) is 5.41 Å². The molecular weight excluding hydrogens is 278 g/mol. The number of likely N-dealkylation sites (N-methyl/N-ethyl adjacent to an activating group) is 1. The number of rotatable bonds is 6. The maximum absolute atomic E-state index is 12.1. The quantitative estimate of drug-likeness (QED) is 0.821. The van der Waals surface area contributed by atoms with Gasteiger partial charge >= 0.3 is 5.97 Å². The van der Waals surface area contributed by atoms with Gasteiger partial charge in [0.2, 0.25) is 0 Å². The highest BCUT2D eigenvalue weighted by Gasteiger charge is 2.52. The molecule has 1 heterocycles. The summed E-state index contributed by atoms with van der Waals surface area (Å²) in [5.74, 6) is 0.00979. The Kier molecular flexibility index (Phi) is 4.50. The second-order valence-electron chi connectivity index (χ2n) is 6.74. The van der Waals surface area contributed by atoms with Crippen LogP contribution >= 0.6 is 0 Å². The van der Waals surface area contributed by atoms with Crippen LogP contribution in [0.5, 0.6) is 0 Å². The molecule has 1 aliphatic carbocycles. The van der Waals surface area contributed by atoms with Crippen molar-refractivity contribution in [3.63, 3.8) is 0 Å². The van der Waals surface area contributed by atoms with Crippen LogP contribution in [-0.4, -0.2) is 42.3 Å². The van der Waals surface area contributed by atoms with E-state index < -0.39 is 0 Å². The molecule has 2 atom stereocenters. The van der Waals surface area contributed by atoms with Crippen LogP contribution in [-0.2, 0) is 9.53 Å². The molecule has 4 nitrogen and oxygen atoms in total. The number of carbonyl (C=O) groups excluding carboxylic acids is 1. The van der Waals surface area contributed by atoms with Gasteiger partial charge in [-0.05, 0) is 31.9 Å². The fourth-order valence-electron chi connectivity index (χ4n) is 3.84. The van der Waals surface area contributed by atoms with Crippen LogP contribution in [0.25, 0.3) is 0 Å². The lowest BCUT2D eigenvalue weighted by Gasteiger charge is -2.34. The molecule has 4 heteroatoms. The number of esters is 1. The largest absolute Gasteiger partial charge is 0.461 e. The predicted octanol–water partition coefficient (Wildman–Crippen LogP) is 2.53. The van der Waals surface area contributed by atoms with E-state index in [1.54, 1.807) is 0 Å². The zero-order chi connectivity index (χ0) is 15.6. The standard InChI is InChI=1S/C18H25NO3/c1-19(16(8-11-20)14-6-3-2-4-7-14)13-15-12-18(9-5-10-18)17(21)22-15/h2-4,6-7,15-16,20H,5,8-13H2,1H3/t15-,16+/m0/s1. The van der Waals surface area contributed by atoms with Crippen molar-refractivity contribution < 1.29 is 14.6 Å². The van der Waals surface area contributed by atoms with Gasteiger partial charge in [-0.25, -0.2) is 0 Å². The summed E-state index contributed by atoms with van der Waals surface area (Å²) in [4.78, 5) is 14.3. The Morgan fingerprint density at radius 2 is 2.09 bits per heavy atom. The SMILES string of the molecule is CN(C[C@@H]1CC2(CCC2)C(=O)O1)[C@H](CCO)c1ccccc1. The highest BCUT2D eigenvalue weighted by molar-refractivity contribution is 5.80.